The smallest absolute Gasteiger partial charge is 0.241 e. The molecule has 2 nitrogen and oxygen atoms in total. The Morgan fingerprint density at radius 1 is 1.36 bits per heavy atom. The minimum absolute atomic E-state index is 0.0475. The third-order valence-electron chi connectivity index (χ3n) is 1.84. The first kappa shape index (κ1) is 10.5. The fraction of sp³-hybridized carbons (Fsp3) is 0.250. The Morgan fingerprint density at radius 3 is 2.71 bits per heavy atom. The summed E-state index contributed by atoms with van der Waals surface area (Å²) < 4.78 is 0. The zero-order valence-electron chi connectivity index (χ0n) is 8.15. The Hall–Kier alpha value is -1.57. The van der Waals surface area contributed by atoms with E-state index in [1.807, 2.05) is 30.3 Å². The third kappa shape index (κ3) is 3.90. The highest BCUT2D eigenvalue weighted by molar-refractivity contribution is 5.73. The maximum atomic E-state index is 11.2. The summed E-state index contributed by atoms with van der Waals surface area (Å²) in [4.78, 5) is 3.95. The minimum atomic E-state index is -0.0475. The van der Waals surface area contributed by atoms with Crippen LogP contribution in [0, 0.1) is 0 Å². The van der Waals surface area contributed by atoms with Crippen LogP contribution in [0.25, 0.3) is 0 Å². The van der Waals surface area contributed by atoms with Crippen LogP contribution in [0.4, 0.5) is 0 Å². The molecule has 0 N–H and O–H groups in total. The largest absolute Gasteiger partial charge is 0.273 e. The summed E-state index contributed by atoms with van der Waals surface area (Å²) in [6.07, 6.45) is 2.91. The van der Waals surface area contributed by atoms with E-state index in [0.717, 1.165) is 5.56 Å². The quantitative estimate of drug-likeness (QED) is 0.386. The molecule has 0 unspecified atom stereocenters. The van der Waals surface area contributed by atoms with Crippen molar-refractivity contribution in [2.24, 2.45) is 4.99 Å². The average molecular weight is 188 g/mol. The Balaban J connectivity index is 2.42. The van der Waals surface area contributed by atoms with E-state index in [1.165, 1.54) is 0 Å². The summed E-state index contributed by atoms with van der Waals surface area (Å²) in [6, 6.07) is 9.76. The lowest BCUT2D eigenvalue weighted by Crippen LogP contribution is -1.94. The Morgan fingerprint density at radius 2 is 2.07 bits per heavy atom. The highest BCUT2D eigenvalue weighted by Crippen LogP contribution is 2.01. The molecule has 0 aromatic heterocycles. The minimum Gasteiger partial charge on any atom is -0.273 e. The lowest BCUT2D eigenvalue weighted by Gasteiger charge is -1.95. The molecule has 0 spiro atoms. The van der Waals surface area contributed by atoms with Gasteiger partial charge in [-0.1, -0.05) is 36.4 Å². The van der Waals surface area contributed by atoms with E-state index >= 15 is 0 Å². The van der Waals surface area contributed by atoms with Crippen LogP contribution in [0.1, 0.15) is 18.4 Å². The number of aliphatic imine (C=N–C) groups is 1. The highest BCUT2D eigenvalue weighted by Gasteiger charge is 1.96. The van der Waals surface area contributed by atoms with Gasteiger partial charge in [0, 0.05) is 6.42 Å². The van der Waals surface area contributed by atoms with Crippen molar-refractivity contribution in [1.29, 1.82) is 0 Å². The van der Waals surface area contributed by atoms with Gasteiger partial charge in [0.2, 0.25) is 5.90 Å². The number of rotatable bonds is 5. The van der Waals surface area contributed by atoms with Crippen molar-refractivity contribution in [2.75, 3.05) is 0 Å². The second-order valence-electron chi connectivity index (χ2n) is 3.02. The van der Waals surface area contributed by atoms with Crippen molar-refractivity contribution in [3.05, 3.63) is 48.6 Å². The molecule has 2 heteroatoms. The van der Waals surface area contributed by atoms with Gasteiger partial charge in [-0.05, 0) is 12.0 Å². The van der Waals surface area contributed by atoms with Gasteiger partial charge in [-0.15, -0.1) is 6.58 Å². The first-order chi connectivity index (χ1) is 6.83. The molecule has 0 heterocycles. The Kier molecular flexibility index (Phi) is 4.48. The molecule has 0 saturated heterocycles. The second kappa shape index (κ2) is 5.97. The molecular weight excluding hydrogens is 174 g/mol. The highest BCUT2D eigenvalue weighted by atomic mass is 16.3. The fourth-order valence-electron chi connectivity index (χ4n) is 1.07. The van der Waals surface area contributed by atoms with Gasteiger partial charge in [-0.25, -0.2) is 4.99 Å². The summed E-state index contributed by atoms with van der Waals surface area (Å²) in [6.45, 7) is 4.04. The summed E-state index contributed by atoms with van der Waals surface area (Å²) >= 11 is 0. The zero-order chi connectivity index (χ0) is 10.2. The van der Waals surface area contributed by atoms with Gasteiger partial charge in [0.1, 0.15) is 0 Å². The number of hydrogen-bond donors (Lipinski definition) is 0. The van der Waals surface area contributed by atoms with Gasteiger partial charge in [0.05, 0.1) is 6.54 Å². The molecule has 0 aliphatic carbocycles. The topological polar surface area (TPSA) is 32.3 Å². The third-order valence-corrected chi connectivity index (χ3v) is 1.84. The predicted molar refractivity (Wildman–Crippen MR) is 57.7 cm³/mol. The van der Waals surface area contributed by atoms with Gasteiger partial charge in [0.15, 0.2) is 0 Å². The van der Waals surface area contributed by atoms with Crippen molar-refractivity contribution in [2.45, 2.75) is 19.4 Å². The molecule has 1 rings (SSSR count). The molecule has 0 aliphatic rings. The van der Waals surface area contributed by atoms with Gasteiger partial charge >= 0.3 is 0 Å². The monoisotopic (exact) mass is 188 g/mol. The number of hydrogen-bond acceptors (Lipinski definition) is 1. The van der Waals surface area contributed by atoms with E-state index in [4.69, 9.17) is 0 Å². The van der Waals surface area contributed by atoms with Gasteiger partial charge in [-0.2, -0.15) is 0 Å². The molecular formula is C12H14NO. The lowest BCUT2D eigenvalue weighted by atomic mass is 10.2. The molecule has 1 aromatic rings. The van der Waals surface area contributed by atoms with E-state index in [9.17, 15) is 5.11 Å². The van der Waals surface area contributed by atoms with Crippen molar-refractivity contribution in [3.63, 3.8) is 0 Å². The normalized spacial score (nSPS) is 11.3. The average Bonchev–Trinajstić information content (AvgIpc) is 2.25. The van der Waals surface area contributed by atoms with Crippen LogP contribution < -0.4 is 0 Å². The van der Waals surface area contributed by atoms with Gasteiger partial charge < -0.3 is 0 Å². The van der Waals surface area contributed by atoms with Crippen LogP contribution in [0.2, 0.25) is 0 Å². The van der Waals surface area contributed by atoms with E-state index in [-0.39, 0.29) is 5.90 Å². The molecule has 0 bridgehead atoms. The molecule has 0 saturated carbocycles. The second-order valence-corrected chi connectivity index (χ2v) is 3.02. The number of nitrogens with zero attached hydrogens (tertiary/aromatic N) is 1. The molecule has 0 aliphatic heterocycles. The lowest BCUT2D eigenvalue weighted by molar-refractivity contribution is 0.409. The number of benzene rings is 1. The van der Waals surface area contributed by atoms with E-state index in [2.05, 4.69) is 11.6 Å². The van der Waals surface area contributed by atoms with Crippen LogP contribution in [0.15, 0.2) is 48.0 Å². The molecule has 0 fully saturated rings. The molecule has 1 aromatic carbocycles. The van der Waals surface area contributed by atoms with E-state index in [1.54, 1.807) is 6.08 Å². The summed E-state index contributed by atoms with van der Waals surface area (Å²) in [5.74, 6) is -0.0475. The Labute approximate surface area is 84.6 Å². The van der Waals surface area contributed by atoms with Gasteiger partial charge in [-0.3, -0.25) is 5.11 Å². The maximum Gasteiger partial charge on any atom is 0.241 e. The summed E-state index contributed by atoms with van der Waals surface area (Å²) in [5.41, 5.74) is 1.07. The van der Waals surface area contributed by atoms with E-state index < -0.39 is 0 Å². The number of allylic oxidation sites excluding steroid dienone is 1. The maximum absolute atomic E-state index is 11.2. The molecule has 14 heavy (non-hydrogen) atoms. The summed E-state index contributed by atoms with van der Waals surface area (Å²) in [5, 5.41) is 11.2. The van der Waals surface area contributed by atoms with E-state index in [0.29, 0.717) is 19.4 Å². The first-order valence-electron chi connectivity index (χ1n) is 4.68. The first-order valence-corrected chi connectivity index (χ1v) is 4.68. The molecule has 1 radical (unpaired) electrons. The Bertz CT molecular complexity index is 303. The molecule has 73 valence electrons. The van der Waals surface area contributed by atoms with Crippen LogP contribution in [0.5, 0.6) is 0 Å². The summed E-state index contributed by atoms with van der Waals surface area (Å²) in [7, 11) is 0. The predicted octanol–water partition coefficient (Wildman–Crippen LogP) is 2.98. The van der Waals surface area contributed by atoms with Crippen molar-refractivity contribution in [1.82, 2.24) is 0 Å². The van der Waals surface area contributed by atoms with Gasteiger partial charge in [0.25, 0.3) is 0 Å². The standard InChI is InChI=1S/C12H14NO/c1-2-3-9-12(14)13-10-11-7-5-4-6-8-11/h2,4-8H,1,3,9-10H2. The van der Waals surface area contributed by atoms with Crippen molar-refractivity contribution < 1.29 is 5.11 Å². The van der Waals surface area contributed by atoms with Crippen molar-refractivity contribution in [3.8, 4) is 0 Å². The zero-order valence-corrected chi connectivity index (χ0v) is 8.15. The fourth-order valence-corrected chi connectivity index (χ4v) is 1.07. The van der Waals surface area contributed by atoms with Crippen LogP contribution in [0.3, 0.4) is 0 Å². The van der Waals surface area contributed by atoms with Crippen LogP contribution in [-0.4, -0.2) is 5.90 Å². The SMILES string of the molecule is C=CCCC([O])=NCc1ccccc1. The molecule has 0 amide bonds. The van der Waals surface area contributed by atoms with Crippen molar-refractivity contribution >= 4 is 5.90 Å². The van der Waals surface area contributed by atoms with Crippen LogP contribution in [-0.2, 0) is 11.7 Å². The van der Waals surface area contributed by atoms with Crippen LogP contribution >= 0.6 is 0 Å². The molecule has 0 atom stereocenters.